The van der Waals surface area contributed by atoms with Crippen molar-refractivity contribution in [2.75, 3.05) is 37.7 Å². The van der Waals surface area contributed by atoms with Gasteiger partial charge in [-0.05, 0) is 19.9 Å². The summed E-state index contributed by atoms with van der Waals surface area (Å²) >= 11 is 0. The van der Waals surface area contributed by atoms with Gasteiger partial charge in [0.2, 0.25) is 0 Å². The summed E-state index contributed by atoms with van der Waals surface area (Å²) in [6, 6.07) is 0.531. The Morgan fingerprint density at radius 1 is 1.47 bits per heavy atom. The van der Waals surface area contributed by atoms with Gasteiger partial charge in [-0.3, -0.25) is 4.90 Å². The van der Waals surface area contributed by atoms with Crippen molar-refractivity contribution in [2.24, 2.45) is 0 Å². The second-order valence-corrected chi connectivity index (χ2v) is 6.65. The molecule has 15 heavy (non-hydrogen) atoms. The van der Waals surface area contributed by atoms with Crippen LogP contribution in [0.5, 0.6) is 0 Å². The van der Waals surface area contributed by atoms with Crippen molar-refractivity contribution in [1.82, 2.24) is 10.2 Å². The van der Waals surface area contributed by atoms with Crippen molar-refractivity contribution in [3.05, 3.63) is 0 Å². The van der Waals surface area contributed by atoms with Gasteiger partial charge in [-0.15, -0.1) is 0 Å². The van der Waals surface area contributed by atoms with E-state index in [1.54, 1.807) is 6.92 Å². The van der Waals surface area contributed by atoms with Crippen LogP contribution < -0.4 is 5.32 Å². The van der Waals surface area contributed by atoms with Gasteiger partial charge >= 0.3 is 0 Å². The number of hydrogen-bond donors (Lipinski definition) is 1. The summed E-state index contributed by atoms with van der Waals surface area (Å²) in [7, 11) is -2.78. The molecule has 0 aromatic carbocycles. The molecule has 1 aliphatic rings. The molecule has 1 atom stereocenters. The first kappa shape index (κ1) is 12.9. The second-order valence-electron chi connectivity index (χ2n) is 4.18. The highest BCUT2D eigenvalue weighted by Gasteiger charge is 2.17. The lowest BCUT2D eigenvalue weighted by Crippen LogP contribution is -2.50. The van der Waals surface area contributed by atoms with Crippen LogP contribution in [0.15, 0.2) is 0 Å². The van der Waals surface area contributed by atoms with E-state index in [4.69, 9.17) is 0 Å². The average molecular weight is 234 g/mol. The van der Waals surface area contributed by atoms with Crippen LogP contribution in [0.4, 0.5) is 0 Å². The lowest BCUT2D eigenvalue weighted by molar-refractivity contribution is 0.174. The van der Waals surface area contributed by atoms with Crippen LogP contribution in [0.1, 0.15) is 20.3 Å². The Bertz CT molecular complexity index is 277. The first-order valence-electron chi connectivity index (χ1n) is 5.70. The van der Waals surface area contributed by atoms with Gasteiger partial charge in [0, 0.05) is 31.4 Å². The van der Waals surface area contributed by atoms with Gasteiger partial charge in [0.05, 0.1) is 5.75 Å². The molecular formula is C10H22N2O2S. The summed E-state index contributed by atoms with van der Waals surface area (Å²) < 4.78 is 22.6. The van der Waals surface area contributed by atoms with Crippen LogP contribution in [-0.4, -0.2) is 57.0 Å². The summed E-state index contributed by atoms with van der Waals surface area (Å²) in [5.74, 6) is 0.601. The van der Waals surface area contributed by atoms with Crippen molar-refractivity contribution in [3.63, 3.8) is 0 Å². The monoisotopic (exact) mass is 234 g/mol. The molecule has 0 amide bonds. The fraction of sp³-hybridized carbons (Fsp3) is 1.00. The van der Waals surface area contributed by atoms with Crippen molar-refractivity contribution in [1.29, 1.82) is 0 Å². The van der Waals surface area contributed by atoms with Gasteiger partial charge in [0.15, 0.2) is 0 Å². The van der Waals surface area contributed by atoms with E-state index in [9.17, 15) is 8.42 Å². The molecule has 5 heteroatoms. The third-order valence-corrected chi connectivity index (χ3v) is 4.77. The van der Waals surface area contributed by atoms with Gasteiger partial charge in [-0.2, -0.15) is 0 Å². The van der Waals surface area contributed by atoms with Gasteiger partial charge in [-0.1, -0.05) is 6.92 Å². The quantitative estimate of drug-likeness (QED) is 0.733. The number of rotatable bonds is 5. The fourth-order valence-corrected chi connectivity index (χ4v) is 2.70. The zero-order valence-electron chi connectivity index (χ0n) is 9.70. The third kappa shape index (κ3) is 4.49. The Balaban J connectivity index is 2.25. The standard InChI is InChI=1S/C10H22N2O2S/c1-3-15(13,14)8-4-6-12-7-5-11-9-10(12)2/h10-11H,3-9H2,1-2H3/t10-/m1/s1. The number of hydrogen-bond acceptors (Lipinski definition) is 4. The highest BCUT2D eigenvalue weighted by molar-refractivity contribution is 7.91. The van der Waals surface area contributed by atoms with Crippen LogP contribution >= 0.6 is 0 Å². The molecule has 1 N–H and O–H groups in total. The van der Waals surface area contributed by atoms with Crippen LogP contribution in [0, 0.1) is 0 Å². The molecule has 1 aliphatic heterocycles. The SMILES string of the molecule is CCS(=O)(=O)CCCN1CCNC[C@H]1C. The predicted molar refractivity (Wildman–Crippen MR) is 62.8 cm³/mol. The molecule has 1 heterocycles. The molecule has 1 saturated heterocycles. The Hall–Kier alpha value is -0.130. The van der Waals surface area contributed by atoms with Gasteiger partial charge < -0.3 is 5.32 Å². The summed E-state index contributed by atoms with van der Waals surface area (Å²) in [6.07, 6.45) is 0.764. The second kappa shape index (κ2) is 5.82. The van der Waals surface area contributed by atoms with Crippen molar-refractivity contribution in [3.8, 4) is 0 Å². The minimum Gasteiger partial charge on any atom is -0.314 e. The van der Waals surface area contributed by atoms with Crippen molar-refractivity contribution in [2.45, 2.75) is 26.3 Å². The van der Waals surface area contributed by atoms with E-state index in [2.05, 4.69) is 17.1 Å². The highest BCUT2D eigenvalue weighted by atomic mass is 32.2. The minimum atomic E-state index is -2.78. The Kier molecular flexibility index (Phi) is 5.02. The molecule has 0 aliphatic carbocycles. The van der Waals surface area contributed by atoms with E-state index in [0.29, 0.717) is 11.8 Å². The van der Waals surface area contributed by atoms with E-state index in [1.165, 1.54) is 0 Å². The van der Waals surface area contributed by atoms with Gasteiger partial charge in [0.1, 0.15) is 9.84 Å². The van der Waals surface area contributed by atoms with E-state index >= 15 is 0 Å². The van der Waals surface area contributed by atoms with Crippen molar-refractivity contribution < 1.29 is 8.42 Å². The van der Waals surface area contributed by atoms with Crippen LogP contribution in [0.2, 0.25) is 0 Å². The molecule has 0 spiro atoms. The summed E-state index contributed by atoms with van der Waals surface area (Å²) in [4.78, 5) is 2.36. The number of nitrogens with one attached hydrogen (secondary N) is 1. The molecule has 0 radical (unpaired) electrons. The van der Waals surface area contributed by atoms with E-state index < -0.39 is 9.84 Å². The number of piperazine rings is 1. The van der Waals surface area contributed by atoms with Crippen molar-refractivity contribution >= 4 is 9.84 Å². The normalized spacial score (nSPS) is 24.3. The summed E-state index contributed by atoms with van der Waals surface area (Å²) in [5.41, 5.74) is 0. The first-order valence-corrected chi connectivity index (χ1v) is 7.52. The van der Waals surface area contributed by atoms with Crippen LogP contribution in [-0.2, 0) is 9.84 Å². The molecule has 0 aromatic heterocycles. The molecular weight excluding hydrogens is 212 g/mol. The van der Waals surface area contributed by atoms with Crippen LogP contribution in [0.25, 0.3) is 0 Å². The van der Waals surface area contributed by atoms with E-state index in [1.807, 2.05) is 0 Å². The zero-order valence-corrected chi connectivity index (χ0v) is 10.5. The molecule has 90 valence electrons. The Morgan fingerprint density at radius 2 is 2.20 bits per heavy atom. The maximum Gasteiger partial charge on any atom is 0.150 e. The van der Waals surface area contributed by atoms with Gasteiger partial charge in [0.25, 0.3) is 0 Å². The molecule has 0 bridgehead atoms. The largest absolute Gasteiger partial charge is 0.314 e. The number of sulfone groups is 1. The maximum absolute atomic E-state index is 11.3. The predicted octanol–water partition coefficient (Wildman–Crippen LogP) is 0.105. The zero-order chi connectivity index (χ0) is 11.3. The summed E-state index contributed by atoms with van der Waals surface area (Å²) in [6.45, 7) is 7.87. The Morgan fingerprint density at radius 3 is 2.80 bits per heavy atom. The molecule has 4 nitrogen and oxygen atoms in total. The highest BCUT2D eigenvalue weighted by Crippen LogP contribution is 2.04. The molecule has 0 unspecified atom stereocenters. The fourth-order valence-electron chi connectivity index (χ4n) is 1.85. The van der Waals surface area contributed by atoms with Gasteiger partial charge in [-0.25, -0.2) is 8.42 Å². The topological polar surface area (TPSA) is 49.4 Å². The van der Waals surface area contributed by atoms with Crippen LogP contribution in [0.3, 0.4) is 0 Å². The smallest absolute Gasteiger partial charge is 0.150 e. The lowest BCUT2D eigenvalue weighted by atomic mass is 10.2. The third-order valence-electron chi connectivity index (χ3n) is 2.98. The summed E-state index contributed by atoms with van der Waals surface area (Å²) in [5, 5.41) is 3.32. The first-order chi connectivity index (χ1) is 7.05. The Labute approximate surface area is 93.0 Å². The average Bonchev–Trinajstić information content (AvgIpc) is 2.21. The molecule has 1 rings (SSSR count). The lowest BCUT2D eigenvalue weighted by Gasteiger charge is -2.33. The molecule has 0 aromatic rings. The number of nitrogens with zero attached hydrogens (tertiary/aromatic N) is 1. The molecule has 0 saturated carbocycles. The van der Waals surface area contributed by atoms with E-state index in [-0.39, 0.29) is 5.75 Å². The molecule has 1 fully saturated rings. The van der Waals surface area contributed by atoms with E-state index in [0.717, 1.165) is 32.6 Å². The maximum atomic E-state index is 11.3. The minimum absolute atomic E-state index is 0.268.